The van der Waals surface area contributed by atoms with Crippen molar-refractivity contribution >= 4 is 24.9 Å². The summed E-state index contributed by atoms with van der Waals surface area (Å²) in [6, 6.07) is 10.0. The third-order valence-electron chi connectivity index (χ3n) is 2.01. The molecule has 1 aromatic rings. The Hall–Kier alpha value is -0.0700. The van der Waals surface area contributed by atoms with Gasteiger partial charge in [-0.2, -0.15) is 0 Å². The van der Waals surface area contributed by atoms with E-state index >= 15 is 0 Å². The van der Waals surface area contributed by atoms with E-state index in [1.165, 1.54) is 19.0 Å². The molecule has 0 spiro atoms. The van der Waals surface area contributed by atoms with Crippen molar-refractivity contribution in [3.8, 4) is 5.75 Å². The Morgan fingerprint density at radius 2 is 1.73 bits per heavy atom. The van der Waals surface area contributed by atoms with E-state index in [0.717, 1.165) is 12.4 Å². The SMILES string of the molecule is Br.CP(C)CCCCOc1ccccc1. The molecule has 86 valence electrons. The highest BCUT2D eigenvalue weighted by Crippen LogP contribution is 2.25. The number of hydrogen-bond acceptors (Lipinski definition) is 1. The number of ether oxygens (including phenoxy) is 1. The first-order valence-corrected chi connectivity index (χ1v) is 7.54. The van der Waals surface area contributed by atoms with Crippen LogP contribution in [0.1, 0.15) is 12.8 Å². The Morgan fingerprint density at radius 3 is 2.33 bits per heavy atom. The molecule has 0 aliphatic heterocycles. The highest BCUT2D eigenvalue weighted by atomic mass is 79.9. The third-order valence-corrected chi connectivity index (χ3v) is 3.22. The van der Waals surface area contributed by atoms with Gasteiger partial charge in [-0.05, 0) is 44.5 Å². The normalized spacial score (nSPS) is 9.80. The van der Waals surface area contributed by atoms with Gasteiger partial charge >= 0.3 is 0 Å². The lowest BCUT2D eigenvalue weighted by Crippen LogP contribution is -1.97. The van der Waals surface area contributed by atoms with E-state index in [1.54, 1.807) is 0 Å². The Morgan fingerprint density at radius 1 is 1.07 bits per heavy atom. The minimum atomic E-state index is 0. The van der Waals surface area contributed by atoms with Gasteiger partial charge in [-0.25, -0.2) is 0 Å². The summed E-state index contributed by atoms with van der Waals surface area (Å²) < 4.78 is 5.60. The first-order valence-electron chi connectivity index (χ1n) is 5.11. The molecule has 0 heterocycles. The third kappa shape index (κ3) is 7.81. The second-order valence-electron chi connectivity index (χ2n) is 3.67. The van der Waals surface area contributed by atoms with Crippen molar-refractivity contribution in [3.63, 3.8) is 0 Å². The second kappa shape index (κ2) is 9.18. The fourth-order valence-electron chi connectivity index (χ4n) is 1.24. The molecule has 0 amide bonds. The largest absolute Gasteiger partial charge is 0.494 e. The van der Waals surface area contributed by atoms with E-state index < -0.39 is 0 Å². The maximum Gasteiger partial charge on any atom is 0.119 e. The first kappa shape index (κ1) is 14.9. The van der Waals surface area contributed by atoms with Gasteiger partial charge in [0.2, 0.25) is 0 Å². The summed E-state index contributed by atoms with van der Waals surface area (Å²) in [5.41, 5.74) is 0. The lowest BCUT2D eigenvalue weighted by Gasteiger charge is -2.07. The monoisotopic (exact) mass is 290 g/mol. The van der Waals surface area contributed by atoms with E-state index in [2.05, 4.69) is 13.3 Å². The summed E-state index contributed by atoms with van der Waals surface area (Å²) in [6.07, 6.45) is 3.84. The molecule has 0 aliphatic carbocycles. The van der Waals surface area contributed by atoms with Crippen LogP contribution in [-0.2, 0) is 0 Å². The Kier molecular flexibility index (Phi) is 9.13. The molecular formula is C12H20BrOP. The van der Waals surface area contributed by atoms with Crippen LogP contribution >= 0.6 is 24.9 Å². The molecule has 3 heteroatoms. The van der Waals surface area contributed by atoms with Gasteiger partial charge in [-0.15, -0.1) is 24.9 Å². The van der Waals surface area contributed by atoms with Crippen LogP contribution in [0.25, 0.3) is 0 Å². The number of benzene rings is 1. The first-order chi connectivity index (χ1) is 6.79. The molecule has 0 unspecified atom stereocenters. The van der Waals surface area contributed by atoms with Gasteiger partial charge in [0.1, 0.15) is 5.75 Å². The van der Waals surface area contributed by atoms with Crippen molar-refractivity contribution in [1.82, 2.24) is 0 Å². The topological polar surface area (TPSA) is 9.23 Å². The molecule has 0 saturated heterocycles. The summed E-state index contributed by atoms with van der Waals surface area (Å²) in [4.78, 5) is 0. The van der Waals surface area contributed by atoms with Gasteiger partial charge in [0.15, 0.2) is 0 Å². The summed E-state index contributed by atoms with van der Waals surface area (Å²) in [7, 11) is 0.273. The zero-order chi connectivity index (χ0) is 10.2. The molecule has 15 heavy (non-hydrogen) atoms. The molecular weight excluding hydrogens is 271 g/mol. The fourth-order valence-corrected chi connectivity index (χ4v) is 2.09. The van der Waals surface area contributed by atoms with E-state index in [0.29, 0.717) is 0 Å². The highest BCUT2D eigenvalue weighted by Gasteiger charge is 1.94. The van der Waals surface area contributed by atoms with Crippen LogP contribution in [-0.4, -0.2) is 26.1 Å². The Bertz CT molecular complexity index is 239. The molecule has 0 bridgehead atoms. The van der Waals surface area contributed by atoms with Crippen LogP contribution in [0, 0.1) is 0 Å². The van der Waals surface area contributed by atoms with Crippen molar-refractivity contribution in [2.75, 3.05) is 26.1 Å². The zero-order valence-electron chi connectivity index (χ0n) is 9.48. The van der Waals surface area contributed by atoms with Gasteiger partial charge in [0.05, 0.1) is 6.61 Å². The summed E-state index contributed by atoms with van der Waals surface area (Å²) in [5, 5.41) is 0. The van der Waals surface area contributed by atoms with Crippen LogP contribution in [0.5, 0.6) is 5.75 Å². The van der Waals surface area contributed by atoms with Gasteiger partial charge in [-0.1, -0.05) is 18.2 Å². The average Bonchev–Trinajstić information content (AvgIpc) is 2.18. The zero-order valence-corrected chi connectivity index (χ0v) is 12.1. The van der Waals surface area contributed by atoms with Crippen molar-refractivity contribution in [1.29, 1.82) is 0 Å². The van der Waals surface area contributed by atoms with Crippen LogP contribution in [0.2, 0.25) is 0 Å². The predicted molar refractivity (Wildman–Crippen MR) is 75.1 cm³/mol. The summed E-state index contributed by atoms with van der Waals surface area (Å²) in [5.74, 6) is 0.989. The molecule has 0 fully saturated rings. The standard InChI is InChI=1S/C12H19OP.BrH/c1-14(2)11-7-6-10-13-12-8-4-3-5-9-12;/h3-5,8-9H,6-7,10-11H2,1-2H3;1H. The van der Waals surface area contributed by atoms with E-state index in [1.807, 2.05) is 30.3 Å². The van der Waals surface area contributed by atoms with Crippen LogP contribution in [0.4, 0.5) is 0 Å². The lowest BCUT2D eigenvalue weighted by molar-refractivity contribution is 0.310. The van der Waals surface area contributed by atoms with Crippen LogP contribution < -0.4 is 4.74 Å². The molecule has 1 aromatic carbocycles. The molecule has 0 aromatic heterocycles. The Balaban J connectivity index is 0.00000196. The van der Waals surface area contributed by atoms with Crippen molar-refractivity contribution < 1.29 is 4.74 Å². The molecule has 1 nitrogen and oxygen atoms in total. The fraction of sp³-hybridized carbons (Fsp3) is 0.500. The maximum absolute atomic E-state index is 5.60. The minimum Gasteiger partial charge on any atom is -0.494 e. The second-order valence-corrected chi connectivity index (χ2v) is 6.28. The molecule has 0 radical (unpaired) electrons. The molecule has 0 N–H and O–H groups in total. The summed E-state index contributed by atoms with van der Waals surface area (Å²) >= 11 is 0. The number of unbranched alkanes of at least 4 members (excludes halogenated alkanes) is 1. The smallest absolute Gasteiger partial charge is 0.119 e. The molecule has 0 atom stereocenters. The van der Waals surface area contributed by atoms with Crippen molar-refractivity contribution in [3.05, 3.63) is 30.3 Å². The summed E-state index contributed by atoms with van der Waals surface area (Å²) in [6.45, 7) is 5.51. The molecule has 0 saturated carbocycles. The minimum absolute atomic E-state index is 0. The number of hydrogen-bond donors (Lipinski definition) is 0. The number of halogens is 1. The average molecular weight is 291 g/mol. The van der Waals surface area contributed by atoms with Gasteiger partial charge in [0.25, 0.3) is 0 Å². The predicted octanol–water partition coefficient (Wildman–Crippen LogP) is 4.17. The Labute approximate surface area is 105 Å². The molecule has 0 aliphatic rings. The van der Waals surface area contributed by atoms with Crippen molar-refractivity contribution in [2.24, 2.45) is 0 Å². The van der Waals surface area contributed by atoms with Gasteiger partial charge in [-0.3, -0.25) is 0 Å². The van der Waals surface area contributed by atoms with Gasteiger partial charge < -0.3 is 4.74 Å². The van der Waals surface area contributed by atoms with Crippen LogP contribution in [0.3, 0.4) is 0 Å². The van der Waals surface area contributed by atoms with Crippen molar-refractivity contribution in [2.45, 2.75) is 12.8 Å². The van der Waals surface area contributed by atoms with E-state index in [9.17, 15) is 0 Å². The van der Waals surface area contributed by atoms with Gasteiger partial charge in [0, 0.05) is 0 Å². The number of rotatable bonds is 6. The molecule has 1 rings (SSSR count). The maximum atomic E-state index is 5.60. The number of para-hydroxylation sites is 1. The highest BCUT2D eigenvalue weighted by molar-refractivity contribution is 8.93. The van der Waals surface area contributed by atoms with E-state index in [4.69, 9.17) is 4.74 Å². The lowest BCUT2D eigenvalue weighted by atomic mass is 10.3. The van der Waals surface area contributed by atoms with Crippen LogP contribution in [0.15, 0.2) is 30.3 Å². The quantitative estimate of drug-likeness (QED) is 0.564. The van der Waals surface area contributed by atoms with E-state index in [-0.39, 0.29) is 24.9 Å².